The van der Waals surface area contributed by atoms with Gasteiger partial charge in [-0.1, -0.05) is 19.8 Å². The minimum absolute atomic E-state index is 0.0255. The Bertz CT molecular complexity index is 232. The van der Waals surface area contributed by atoms with Crippen LogP contribution in [0.2, 0.25) is 0 Å². The van der Waals surface area contributed by atoms with E-state index < -0.39 is 0 Å². The maximum absolute atomic E-state index is 11.7. The first kappa shape index (κ1) is 14.3. The van der Waals surface area contributed by atoms with Crippen molar-refractivity contribution in [2.45, 2.75) is 57.2 Å². The van der Waals surface area contributed by atoms with Crippen molar-refractivity contribution in [2.75, 3.05) is 13.7 Å². The second-order valence-electron chi connectivity index (χ2n) is 4.57. The molecule has 1 aliphatic rings. The summed E-state index contributed by atoms with van der Waals surface area (Å²) in [6, 6.07) is -0.288. The van der Waals surface area contributed by atoms with E-state index in [4.69, 9.17) is 9.84 Å². The van der Waals surface area contributed by atoms with Gasteiger partial charge in [-0.15, -0.1) is 0 Å². The number of hydrogen-bond donors (Lipinski definition) is 3. The predicted molar refractivity (Wildman–Crippen MR) is 65.9 cm³/mol. The molecule has 3 atom stereocenters. The summed E-state index contributed by atoms with van der Waals surface area (Å²) in [4.78, 5) is 11.7. The van der Waals surface area contributed by atoms with E-state index in [-0.39, 0.29) is 30.8 Å². The van der Waals surface area contributed by atoms with Gasteiger partial charge in [0.05, 0.1) is 24.8 Å². The number of methoxy groups -OCH3 is 1. The molecule has 3 N–H and O–H groups in total. The van der Waals surface area contributed by atoms with Gasteiger partial charge in [-0.05, 0) is 19.3 Å². The highest BCUT2D eigenvalue weighted by molar-refractivity contribution is 5.74. The maximum atomic E-state index is 11.7. The fourth-order valence-corrected chi connectivity index (χ4v) is 2.22. The van der Waals surface area contributed by atoms with Crippen LogP contribution in [0, 0.1) is 0 Å². The minimum Gasteiger partial charge on any atom is -0.394 e. The summed E-state index contributed by atoms with van der Waals surface area (Å²) in [5.74, 6) is 0. The molecule has 0 spiro atoms. The van der Waals surface area contributed by atoms with Crippen molar-refractivity contribution >= 4 is 6.03 Å². The molecule has 5 heteroatoms. The average molecular weight is 244 g/mol. The van der Waals surface area contributed by atoms with E-state index in [1.807, 2.05) is 6.92 Å². The second-order valence-corrected chi connectivity index (χ2v) is 4.57. The smallest absolute Gasteiger partial charge is 0.315 e. The van der Waals surface area contributed by atoms with E-state index in [1.54, 1.807) is 7.11 Å². The highest BCUT2D eigenvalue weighted by atomic mass is 16.5. The van der Waals surface area contributed by atoms with Crippen LogP contribution in [-0.4, -0.2) is 43.0 Å². The van der Waals surface area contributed by atoms with E-state index >= 15 is 0 Å². The third kappa shape index (κ3) is 4.52. The van der Waals surface area contributed by atoms with Crippen LogP contribution >= 0.6 is 0 Å². The lowest BCUT2D eigenvalue weighted by molar-refractivity contribution is 0.0449. The molecule has 0 radical (unpaired) electrons. The zero-order chi connectivity index (χ0) is 12.7. The predicted octanol–water partition coefficient (Wildman–Crippen LogP) is 1.01. The number of carbonyl (C=O) groups excluding carboxylic acids is 1. The number of ether oxygens (including phenoxy) is 1. The molecule has 0 aromatic carbocycles. The molecule has 1 rings (SSSR count). The lowest BCUT2D eigenvalue weighted by Crippen LogP contribution is -2.52. The van der Waals surface area contributed by atoms with Gasteiger partial charge in [-0.25, -0.2) is 4.79 Å². The maximum Gasteiger partial charge on any atom is 0.315 e. The van der Waals surface area contributed by atoms with Gasteiger partial charge in [0.15, 0.2) is 0 Å². The Labute approximate surface area is 103 Å². The Hall–Kier alpha value is -0.810. The second kappa shape index (κ2) is 7.50. The van der Waals surface area contributed by atoms with E-state index in [2.05, 4.69) is 10.6 Å². The van der Waals surface area contributed by atoms with E-state index in [9.17, 15) is 4.79 Å². The molecule has 1 aliphatic carbocycles. The summed E-state index contributed by atoms with van der Waals surface area (Å²) in [7, 11) is 1.69. The van der Waals surface area contributed by atoms with Crippen molar-refractivity contribution < 1.29 is 14.6 Å². The molecule has 0 heterocycles. The Morgan fingerprint density at radius 3 is 2.76 bits per heavy atom. The molecule has 100 valence electrons. The third-order valence-electron chi connectivity index (χ3n) is 3.37. The highest BCUT2D eigenvalue weighted by Crippen LogP contribution is 2.20. The van der Waals surface area contributed by atoms with Gasteiger partial charge < -0.3 is 20.5 Å². The standard InChI is InChI=1S/C12H24N2O3/c1-3-9(8-15)13-12(16)14-10-6-4-5-7-11(10)17-2/h9-11,15H,3-8H2,1-2H3,(H2,13,14,16). The molecule has 0 aromatic rings. The summed E-state index contributed by atoms with van der Waals surface area (Å²) in [5.41, 5.74) is 0. The largest absolute Gasteiger partial charge is 0.394 e. The quantitative estimate of drug-likeness (QED) is 0.676. The number of nitrogens with one attached hydrogen (secondary N) is 2. The molecule has 0 aliphatic heterocycles. The highest BCUT2D eigenvalue weighted by Gasteiger charge is 2.26. The molecule has 0 aromatic heterocycles. The molecule has 0 saturated heterocycles. The van der Waals surface area contributed by atoms with Crippen LogP contribution in [-0.2, 0) is 4.74 Å². The molecular weight excluding hydrogens is 220 g/mol. The lowest BCUT2D eigenvalue weighted by Gasteiger charge is -2.31. The first-order valence-electron chi connectivity index (χ1n) is 6.42. The Morgan fingerprint density at radius 1 is 1.47 bits per heavy atom. The van der Waals surface area contributed by atoms with Gasteiger partial charge in [0.1, 0.15) is 0 Å². The summed E-state index contributed by atoms with van der Waals surface area (Å²) >= 11 is 0. The zero-order valence-electron chi connectivity index (χ0n) is 10.7. The van der Waals surface area contributed by atoms with Crippen LogP contribution < -0.4 is 10.6 Å². The molecule has 1 saturated carbocycles. The van der Waals surface area contributed by atoms with E-state index in [0.717, 1.165) is 32.1 Å². The van der Waals surface area contributed by atoms with Crippen molar-refractivity contribution in [3.8, 4) is 0 Å². The average Bonchev–Trinajstić information content (AvgIpc) is 2.36. The van der Waals surface area contributed by atoms with Gasteiger partial charge >= 0.3 is 6.03 Å². The van der Waals surface area contributed by atoms with Crippen LogP contribution in [0.25, 0.3) is 0 Å². The molecule has 5 nitrogen and oxygen atoms in total. The monoisotopic (exact) mass is 244 g/mol. The van der Waals surface area contributed by atoms with Crippen molar-refractivity contribution in [1.29, 1.82) is 0 Å². The van der Waals surface area contributed by atoms with Gasteiger partial charge in [0, 0.05) is 7.11 Å². The Balaban J connectivity index is 2.38. The minimum atomic E-state index is -0.208. The van der Waals surface area contributed by atoms with Gasteiger partial charge in [0.25, 0.3) is 0 Å². The molecule has 17 heavy (non-hydrogen) atoms. The van der Waals surface area contributed by atoms with Crippen LogP contribution in [0.1, 0.15) is 39.0 Å². The first-order valence-corrected chi connectivity index (χ1v) is 6.42. The molecule has 3 unspecified atom stereocenters. The van der Waals surface area contributed by atoms with Crippen LogP contribution in [0.15, 0.2) is 0 Å². The molecule has 2 amide bonds. The zero-order valence-corrected chi connectivity index (χ0v) is 10.7. The molecule has 0 bridgehead atoms. The third-order valence-corrected chi connectivity index (χ3v) is 3.37. The summed E-state index contributed by atoms with van der Waals surface area (Å²) < 4.78 is 5.37. The summed E-state index contributed by atoms with van der Waals surface area (Å²) in [6.45, 7) is 1.90. The number of rotatable bonds is 5. The fourth-order valence-electron chi connectivity index (χ4n) is 2.22. The van der Waals surface area contributed by atoms with Crippen molar-refractivity contribution in [2.24, 2.45) is 0 Å². The topological polar surface area (TPSA) is 70.6 Å². The van der Waals surface area contributed by atoms with Gasteiger partial charge in [0.2, 0.25) is 0 Å². The molecule has 1 fully saturated rings. The van der Waals surface area contributed by atoms with E-state index in [0.29, 0.717) is 0 Å². The molecular formula is C12H24N2O3. The number of aliphatic hydroxyl groups excluding tert-OH is 1. The SMILES string of the molecule is CCC(CO)NC(=O)NC1CCCCC1OC. The number of urea groups is 1. The summed E-state index contributed by atoms with van der Waals surface area (Å²) in [5, 5.41) is 14.7. The van der Waals surface area contributed by atoms with Crippen LogP contribution in [0.5, 0.6) is 0 Å². The lowest BCUT2D eigenvalue weighted by atomic mass is 9.92. The van der Waals surface area contributed by atoms with Crippen LogP contribution in [0.3, 0.4) is 0 Å². The first-order chi connectivity index (χ1) is 8.21. The van der Waals surface area contributed by atoms with Crippen molar-refractivity contribution in [1.82, 2.24) is 10.6 Å². The summed E-state index contributed by atoms with van der Waals surface area (Å²) in [6.07, 6.45) is 5.08. The fraction of sp³-hybridized carbons (Fsp3) is 0.917. The van der Waals surface area contributed by atoms with Crippen molar-refractivity contribution in [3.63, 3.8) is 0 Å². The number of aliphatic hydroxyl groups is 1. The normalized spacial score (nSPS) is 26.3. The Kier molecular flexibility index (Phi) is 6.29. The number of carbonyl (C=O) groups is 1. The number of hydrogen-bond acceptors (Lipinski definition) is 3. The van der Waals surface area contributed by atoms with Crippen molar-refractivity contribution in [3.05, 3.63) is 0 Å². The van der Waals surface area contributed by atoms with Crippen LogP contribution in [0.4, 0.5) is 4.79 Å². The van der Waals surface area contributed by atoms with E-state index in [1.165, 1.54) is 0 Å². The Morgan fingerprint density at radius 2 is 2.18 bits per heavy atom. The van der Waals surface area contributed by atoms with Gasteiger partial charge in [-0.3, -0.25) is 0 Å². The van der Waals surface area contributed by atoms with Gasteiger partial charge in [-0.2, -0.15) is 0 Å². The number of amides is 2.